The largest absolute Gasteiger partial charge is 0.489 e. The van der Waals surface area contributed by atoms with E-state index < -0.39 is 5.41 Å². The van der Waals surface area contributed by atoms with Gasteiger partial charge in [-0.25, -0.2) is 4.39 Å². The van der Waals surface area contributed by atoms with Crippen LogP contribution in [0.2, 0.25) is 0 Å². The first kappa shape index (κ1) is 24.4. The van der Waals surface area contributed by atoms with E-state index in [1.54, 1.807) is 19.2 Å². The van der Waals surface area contributed by atoms with Gasteiger partial charge >= 0.3 is 0 Å². The van der Waals surface area contributed by atoms with E-state index in [0.717, 1.165) is 0 Å². The summed E-state index contributed by atoms with van der Waals surface area (Å²) in [6, 6.07) is 5.91. The molecule has 0 radical (unpaired) electrons. The minimum atomic E-state index is -0.590. The third-order valence-corrected chi connectivity index (χ3v) is 3.53. The maximum Gasteiger partial charge on any atom is 0.227 e. The first-order chi connectivity index (χ1) is 11.8. The Labute approximate surface area is 172 Å². The summed E-state index contributed by atoms with van der Waals surface area (Å²) in [5, 5.41) is 8.98. The molecule has 0 heterocycles. The van der Waals surface area contributed by atoms with Crippen LogP contribution in [0.1, 0.15) is 27.7 Å². The summed E-state index contributed by atoms with van der Waals surface area (Å²) < 4.78 is 18.6. The van der Waals surface area contributed by atoms with E-state index in [1.165, 1.54) is 12.1 Å². The lowest BCUT2D eigenvalue weighted by Gasteiger charge is -2.22. The van der Waals surface area contributed by atoms with Gasteiger partial charge in [0.25, 0.3) is 0 Å². The Morgan fingerprint density at radius 1 is 1.27 bits per heavy atom. The van der Waals surface area contributed by atoms with Crippen molar-refractivity contribution in [1.29, 1.82) is 0 Å². The number of ether oxygens (including phenoxy) is 1. The van der Waals surface area contributed by atoms with Crippen LogP contribution in [0.25, 0.3) is 0 Å². The number of nitrogens with one attached hydrogen (secondary N) is 3. The molecule has 8 heteroatoms. The molecule has 1 aromatic carbocycles. The van der Waals surface area contributed by atoms with Crippen molar-refractivity contribution < 1.29 is 13.9 Å². The Hall–Kier alpha value is -1.58. The van der Waals surface area contributed by atoms with E-state index in [-0.39, 0.29) is 41.8 Å². The molecule has 3 N–H and O–H groups in total. The Kier molecular flexibility index (Phi) is 11.2. The fourth-order valence-electron chi connectivity index (χ4n) is 2.06. The summed E-state index contributed by atoms with van der Waals surface area (Å²) in [5.41, 5.74) is -0.590. The normalized spacial score (nSPS) is 12.6. The predicted molar refractivity (Wildman–Crippen MR) is 114 cm³/mol. The molecular weight excluding hydrogens is 450 g/mol. The van der Waals surface area contributed by atoms with Crippen LogP contribution in [0.4, 0.5) is 4.39 Å². The number of carbonyl (C=O) groups excluding carboxylic acids is 1. The molecule has 1 atom stereocenters. The molecule has 0 bridgehead atoms. The van der Waals surface area contributed by atoms with E-state index in [4.69, 9.17) is 4.74 Å². The third kappa shape index (κ3) is 8.68. The van der Waals surface area contributed by atoms with Crippen LogP contribution < -0.4 is 20.7 Å². The first-order valence-corrected chi connectivity index (χ1v) is 8.45. The molecule has 26 heavy (non-hydrogen) atoms. The summed E-state index contributed by atoms with van der Waals surface area (Å²) in [7, 11) is 1.62. The second-order valence-corrected chi connectivity index (χ2v) is 6.42. The Morgan fingerprint density at radius 3 is 2.42 bits per heavy atom. The zero-order valence-electron chi connectivity index (χ0n) is 16.1. The molecular formula is C18H30FIN4O2. The summed E-state index contributed by atoms with van der Waals surface area (Å²) >= 11 is 0. The third-order valence-electron chi connectivity index (χ3n) is 3.53. The van der Waals surface area contributed by atoms with Gasteiger partial charge < -0.3 is 20.7 Å². The highest BCUT2D eigenvalue weighted by molar-refractivity contribution is 14.0. The minimum absolute atomic E-state index is 0. The van der Waals surface area contributed by atoms with Gasteiger partial charge in [-0.05, 0) is 52.0 Å². The molecule has 0 aliphatic carbocycles. The lowest BCUT2D eigenvalue weighted by molar-refractivity contribution is -0.128. The second kappa shape index (κ2) is 11.9. The van der Waals surface area contributed by atoms with Crippen molar-refractivity contribution in [2.75, 3.05) is 26.7 Å². The van der Waals surface area contributed by atoms with Crippen LogP contribution in [-0.4, -0.2) is 44.7 Å². The van der Waals surface area contributed by atoms with Gasteiger partial charge in [0, 0.05) is 13.6 Å². The molecule has 1 aromatic rings. The van der Waals surface area contributed by atoms with Gasteiger partial charge in [-0.15, -0.1) is 24.0 Å². The maximum absolute atomic E-state index is 12.9. The molecule has 0 aromatic heterocycles. The Morgan fingerprint density at radius 2 is 1.88 bits per heavy atom. The number of hydrogen-bond donors (Lipinski definition) is 3. The monoisotopic (exact) mass is 480 g/mol. The molecule has 1 unspecified atom stereocenters. The highest BCUT2D eigenvalue weighted by Crippen LogP contribution is 2.15. The van der Waals surface area contributed by atoms with Crippen LogP contribution in [-0.2, 0) is 4.79 Å². The zero-order valence-corrected chi connectivity index (χ0v) is 18.4. The summed E-state index contributed by atoms with van der Waals surface area (Å²) in [6.45, 7) is 9.16. The molecule has 0 aliphatic heterocycles. The van der Waals surface area contributed by atoms with Crippen molar-refractivity contribution in [3.63, 3.8) is 0 Å². The number of carbonyl (C=O) groups is 1. The van der Waals surface area contributed by atoms with Crippen molar-refractivity contribution in [3.05, 3.63) is 30.1 Å². The molecule has 0 saturated carbocycles. The minimum Gasteiger partial charge on any atom is -0.489 e. The summed E-state index contributed by atoms with van der Waals surface area (Å²) in [4.78, 5) is 16.3. The van der Waals surface area contributed by atoms with Crippen LogP contribution in [0.15, 0.2) is 29.3 Å². The SMILES string of the molecule is CCNC(=NCC(C)(C)C(=O)NC)NCC(C)Oc1ccc(F)cc1.I. The molecule has 148 valence electrons. The van der Waals surface area contributed by atoms with Crippen LogP contribution in [0, 0.1) is 11.2 Å². The highest BCUT2D eigenvalue weighted by atomic mass is 127. The number of rotatable bonds is 8. The molecule has 0 fully saturated rings. The van der Waals surface area contributed by atoms with Crippen molar-refractivity contribution >= 4 is 35.8 Å². The fourth-order valence-corrected chi connectivity index (χ4v) is 2.06. The lowest BCUT2D eigenvalue weighted by atomic mass is 9.93. The van der Waals surface area contributed by atoms with Gasteiger partial charge in [-0.1, -0.05) is 0 Å². The number of hydrogen-bond acceptors (Lipinski definition) is 3. The zero-order chi connectivity index (χ0) is 18.9. The van der Waals surface area contributed by atoms with Gasteiger partial charge in [-0.2, -0.15) is 0 Å². The van der Waals surface area contributed by atoms with Crippen LogP contribution in [0.5, 0.6) is 5.75 Å². The number of halogens is 2. The maximum atomic E-state index is 12.9. The van der Waals surface area contributed by atoms with Crippen molar-refractivity contribution in [1.82, 2.24) is 16.0 Å². The number of nitrogens with zero attached hydrogens (tertiary/aromatic N) is 1. The summed E-state index contributed by atoms with van der Waals surface area (Å²) in [5.74, 6) is 0.881. The first-order valence-electron chi connectivity index (χ1n) is 8.45. The number of aliphatic imine (C=N–C) groups is 1. The molecule has 1 amide bonds. The number of guanidine groups is 1. The van der Waals surface area contributed by atoms with Crippen molar-refractivity contribution in [3.8, 4) is 5.75 Å². The van der Waals surface area contributed by atoms with Crippen LogP contribution >= 0.6 is 24.0 Å². The Bertz CT molecular complexity index is 579. The van der Waals surface area contributed by atoms with Crippen molar-refractivity contribution in [2.45, 2.75) is 33.8 Å². The average molecular weight is 480 g/mol. The highest BCUT2D eigenvalue weighted by Gasteiger charge is 2.26. The molecule has 0 saturated heterocycles. The lowest BCUT2D eigenvalue weighted by Crippen LogP contribution is -2.43. The van der Waals surface area contributed by atoms with Crippen molar-refractivity contribution in [2.24, 2.45) is 10.4 Å². The predicted octanol–water partition coefficient (Wildman–Crippen LogP) is 2.54. The van der Waals surface area contributed by atoms with E-state index in [0.29, 0.717) is 31.3 Å². The quantitative estimate of drug-likeness (QED) is 0.304. The van der Waals surface area contributed by atoms with E-state index in [9.17, 15) is 9.18 Å². The standard InChI is InChI=1S/C18H29FN4O2.HI/c1-6-21-17(23-12-18(3,4)16(24)20-5)22-11-13(2)25-15-9-7-14(19)8-10-15;/h7-10,13H,6,11-12H2,1-5H3,(H,20,24)(H2,21,22,23);1H. The number of amides is 1. The topological polar surface area (TPSA) is 74.8 Å². The van der Waals surface area contributed by atoms with Crippen LogP contribution in [0.3, 0.4) is 0 Å². The summed E-state index contributed by atoms with van der Waals surface area (Å²) in [6.07, 6.45) is -0.138. The van der Waals surface area contributed by atoms with Gasteiger partial charge in [0.1, 0.15) is 17.7 Å². The molecule has 0 aliphatic rings. The van der Waals surface area contributed by atoms with Gasteiger partial charge in [0.2, 0.25) is 5.91 Å². The molecule has 6 nitrogen and oxygen atoms in total. The second-order valence-electron chi connectivity index (χ2n) is 6.42. The molecule has 0 spiro atoms. The smallest absolute Gasteiger partial charge is 0.227 e. The number of benzene rings is 1. The average Bonchev–Trinajstić information content (AvgIpc) is 2.58. The van der Waals surface area contributed by atoms with Gasteiger partial charge in [-0.3, -0.25) is 9.79 Å². The molecule has 1 rings (SSSR count). The Balaban J connectivity index is 0.00000625. The van der Waals surface area contributed by atoms with Gasteiger partial charge in [0.05, 0.1) is 18.5 Å². The van der Waals surface area contributed by atoms with E-state index in [1.807, 2.05) is 27.7 Å². The van der Waals surface area contributed by atoms with Gasteiger partial charge in [0.15, 0.2) is 5.96 Å². The fraction of sp³-hybridized carbons (Fsp3) is 0.556. The van der Waals surface area contributed by atoms with E-state index in [2.05, 4.69) is 20.9 Å². The van der Waals surface area contributed by atoms with E-state index >= 15 is 0 Å².